The van der Waals surface area contributed by atoms with Crippen LogP contribution in [-0.4, -0.2) is 30.0 Å². The molecule has 0 atom stereocenters. The molecule has 21 heavy (non-hydrogen) atoms. The minimum Gasteiger partial charge on any atom is -0.488 e. The monoisotopic (exact) mass is 289 g/mol. The first-order chi connectivity index (χ1) is 10.3. The Morgan fingerprint density at radius 3 is 2.90 bits per heavy atom. The number of para-hydroxylation sites is 1. The van der Waals surface area contributed by atoms with E-state index in [1.165, 1.54) is 0 Å². The van der Waals surface area contributed by atoms with Crippen molar-refractivity contribution in [2.24, 2.45) is 0 Å². The first-order valence-corrected chi connectivity index (χ1v) is 7.25. The first-order valence-electron chi connectivity index (χ1n) is 7.25. The number of hydrogen-bond donors (Lipinski definition) is 1. The molecule has 5 nitrogen and oxygen atoms in total. The van der Waals surface area contributed by atoms with Crippen LogP contribution < -0.4 is 10.1 Å². The zero-order chi connectivity index (χ0) is 14.9. The minimum absolute atomic E-state index is 0.537. The van der Waals surface area contributed by atoms with Crippen molar-refractivity contribution in [3.63, 3.8) is 0 Å². The van der Waals surface area contributed by atoms with Gasteiger partial charge in [-0.25, -0.2) is 0 Å². The number of nitrogens with zero attached hydrogens (tertiary/aromatic N) is 2. The maximum absolute atomic E-state index is 5.91. The molecule has 0 saturated carbocycles. The third-order valence-corrected chi connectivity index (χ3v) is 3.18. The van der Waals surface area contributed by atoms with E-state index >= 15 is 0 Å². The number of nitrogens with one attached hydrogen (secondary N) is 1. The molecule has 0 radical (unpaired) electrons. The Morgan fingerprint density at radius 2 is 2.14 bits per heavy atom. The normalized spacial score (nSPS) is 10.8. The van der Waals surface area contributed by atoms with Gasteiger partial charge in [-0.2, -0.15) is 5.10 Å². The fourth-order valence-electron chi connectivity index (χ4n) is 2.00. The van der Waals surface area contributed by atoms with Gasteiger partial charge in [0.05, 0.1) is 12.8 Å². The number of methoxy groups -OCH3 is 1. The van der Waals surface area contributed by atoms with Crippen LogP contribution >= 0.6 is 0 Å². The second-order valence-electron chi connectivity index (χ2n) is 4.77. The van der Waals surface area contributed by atoms with Crippen LogP contribution in [0.5, 0.6) is 5.75 Å². The van der Waals surface area contributed by atoms with Crippen LogP contribution in [-0.2, 0) is 24.4 Å². The van der Waals surface area contributed by atoms with Crippen LogP contribution in [0.1, 0.15) is 18.1 Å². The Morgan fingerprint density at radius 1 is 1.29 bits per heavy atom. The van der Waals surface area contributed by atoms with Gasteiger partial charge >= 0.3 is 0 Å². The molecule has 1 N–H and O–H groups in total. The molecule has 0 aliphatic rings. The maximum Gasteiger partial charge on any atom is 0.124 e. The van der Waals surface area contributed by atoms with Gasteiger partial charge in [0.25, 0.3) is 0 Å². The summed E-state index contributed by atoms with van der Waals surface area (Å²) in [6.45, 7) is 5.79. The molecule has 5 heteroatoms. The van der Waals surface area contributed by atoms with Crippen molar-refractivity contribution in [3.8, 4) is 5.75 Å². The lowest BCUT2D eigenvalue weighted by molar-refractivity contribution is 0.199. The largest absolute Gasteiger partial charge is 0.488 e. The molecule has 0 spiro atoms. The van der Waals surface area contributed by atoms with Crippen molar-refractivity contribution < 1.29 is 9.47 Å². The predicted molar refractivity (Wildman–Crippen MR) is 82.3 cm³/mol. The third kappa shape index (κ3) is 4.88. The van der Waals surface area contributed by atoms with Gasteiger partial charge < -0.3 is 14.8 Å². The number of rotatable bonds is 9. The standard InChI is InChI=1S/C16H23N3O2/c1-3-19-12-14(10-18-19)13-21-16-7-5-4-6-15(16)11-17-8-9-20-2/h4-7,10,12,17H,3,8-9,11,13H2,1-2H3. The summed E-state index contributed by atoms with van der Waals surface area (Å²) in [5.74, 6) is 0.909. The van der Waals surface area contributed by atoms with Crippen LogP contribution in [0.15, 0.2) is 36.7 Å². The SMILES string of the molecule is CCn1cc(COc2ccccc2CNCCOC)cn1. The van der Waals surface area contributed by atoms with E-state index in [1.807, 2.05) is 35.3 Å². The molecule has 1 heterocycles. The predicted octanol–water partition coefficient (Wildman–Crippen LogP) is 2.22. The van der Waals surface area contributed by atoms with E-state index in [-0.39, 0.29) is 0 Å². The van der Waals surface area contributed by atoms with E-state index in [2.05, 4.69) is 23.4 Å². The molecule has 0 unspecified atom stereocenters. The zero-order valence-electron chi connectivity index (χ0n) is 12.7. The van der Waals surface area contributed by atoms with Crippen LogP contribution in [0.4, 0.5) is 0 Å². The molecular formula is C16H23N3O2. The summed E-state index contributed by atoms with van der Waals surface area (Å²) < 4.78 is 12.8. The highest BCUT2D eigenvalue weighted by Crippen LogP contribution is 2.19. The Kier molecular flexibility index (Phi) is 6.24. The number of hydrogen-bond acceptors (Lipinski definition) is 4. The summed E-state index contributed by atoms with van der Waals surface area (Å²) >= 11 is 0. The highest BCUT2D eigenvalue weighted by Gasteiger charge is 2.04. The van der Waals surface area contributed by atoms with E-state index in [0.29, 0.717) is 13.2 Å². The molecule has 1 aromatic carbocycles. The highest BCUT2D eigenvalue weighted by molar-refractivity contribution is 5.33. The molecule has 0 amide bonds. The summed E-state index contributed by atoms with van der Waals surface area (Å²) in [6, 6.07) is 8.08. The van der Waals surface area contributed by atoms with E-state index < -0.39 is 0 Å². The first kappa shape index (κ1) is 15.5. The van der Waals surface area contributed by atoms with Gasteiger partial charge in [-0.1, -0.05) is 18.2 Å². The fraction of sp³-hybridized carbons (Fsp3) is 0.438. The van der Waals surface area contributed by atoms with Gasteiger partial charge in [-0.3, -0.25) is 4.68 Å². The summed E-state index contributed by atoms with van der Waals surface area (Å²) in [5, 5.41) is 7.58. The van der Waals surface area contributed by atoms with Crippen LogP contribution in [0.3, 0.4) is 0 Å². The van der Waals surface area contributed by atoms with Gasteiger partial charge in [0, 0.05) is 44.1 Å². The lowest BCUT2D eigenvalue weighted by Crippen LogP contribution is -2.19. The van der Waals surface area contributed by atoms with E-state index in [1.54, 1.807) is 7.11 Å². The average Bonchev–Trinajstić information content (AvgIpc) is 2.98. The molecule has 1 aromatic heterocycles. The van der Waals surface area contributed by atoms with Gasteiger partial charge in [0.15, 0.2) is 0 Å². The summed E-state index contributed by atoms with van der Waals surface area (Å²) in [6.07, 6.45) is 3.86. The maximum atomic E-state index is 5.91. The number of ether oxygens (including phenoxy) is 2. The summed E-state index contributed by atoms with van der Waals surface area (Å²) in [7, 11) is 1.70. The number of aromatic nitrogens is 2. The quantitative estimate of drug-likeness (QED) is 0.719. The molecule has 0 saturated heterocycles. The molecule has 114 valence electrons. The Hall–Kier alpha value is -1.85. The van der Waals surface area contributed by atoms with Gasteiger partial charge in [-0.05, 0) is 13.0 Å². The lowest BCUT2D eigenvalue weighted by atomic mass is 10.2. The number of aryl methyl sites for hydroxylation is 1. The molecule has 2 rings (SSSR count). The van der Waals surface area contributed by atoms with E-state index in [9.17, 15) is 0 Å². The third-order valence-electron chi connectivity index (χ3n) is 3.18. The van der Waals surface area contributed by atoms with Crippen LogP contribution in [0, 0.1) is 0 Å². The molecule has 0 aliphatic carbocycles. The summed E-state index contributed by atoms with van der Waals surface area (Å²) in [4.78, 5) is 0. The Bertz CT molecular complexity index is 540. The van der Waals surface area contributed by atoms with E-state index in [4.69, 9.17) is 9.47 Å². The molecule has 0 fully saturated rings. The van der Waals surface area contributed by atoms with Gasteiger partial charge in [-0.15, -0.1) is 0 Å². The van der Waals surface area contributed by atoms with Crippen LogP contribution in [0.2, 0.25) is 0 Å². The summed E-state index contributed by atoms with van der Waals surface area (Å²) in [5.41, 5.74) is 2.23. The second-order valence-corrected chi connectivity index (χ2v) is 4.77. The smallest absolute Gasteiger partial charge is 0.124 e. The van der Waals surface area contributed by atoms with Gasteiger partial charge in [0.1, 0.15) is 12.4 Å². The van der Waals surface area contributed by atoms with Crippen molar-refractivity contribution in [2.75, 3.05) is 20.3 Å². The zero-order valence-corrected chi connectivity index (χ0v) is 12.7. The lowest BCUT2D eigenvalue weighted by Gasteiger charge is -2.11. The molecule has 0 bridgehead atoms. The Labute approximate surface area is 125 Å². The second kappa shape index (κ2) is 8.44. The number of benzene rings is 1. The van der Waals surface area contributed by atoms with Gasteiger partial charge in [0.2, 0.25) is 0 Å². The van der Waals surface area contributed by atoms with Crippen molar-refractivity contribution in [1.82, 2.24) is 15.1 Å². The van der Waals surface area contributed by atoms with Crippen molar-refractivity contribution in [1.29, 1.82) is 0 Å². The molecule has 2 aromatic rings. The average molecular weight is 289 g/mol. The Balaban J connectivity index is 1.89. The van der Waals surface area contributed by atoms with E-state index in [0.717, 1.165) is 36.5 Å². The topological polar surface area (TPSA) is 48.3 Å². The highest BCUT2D eigenvalue weighted by atomic mass is 16.5. The van der Waals surface area contributed by atoms with Crippen molar-refractivity contribution in [2.45, 2.75) is 26.6 Å². The van der Waals surface area contributed by atoms with Crippen molar-refractivity contribution in [3.05, 3.63) is 47.8 Å². The fourth-order valence-corrected chi connectivity index (χ4v) is 2.00. The molecule has 0 aliphatic heterocycles. The van der Waals surface area contributed by atoms with Crippen molar-refractivity contribution >= 4 is 0 Å². The van der Waals surface area contributed by atoms with Crippen LogP contribution in [0.25, 0.3) is 0 Å². The minimum atomic E-state index is 0.537. The molecular weight excluding hydrogens is 266 g/mol.